The Bertz CT molecular complexity index is 674. The third-order valence-corrected chi connectivity index (χ3v) is 3.82. The van der Waals surface area contributed by atoms with E-state index in [2.05, 4.69) is 34.8 Å². The summed E-state index contributed by atoms with van der Waals surface area (Å²) in [7, 11) is 0. The summed E-state index contributed by atoms with van der Waals surface area (Å²) in [6, 6.07) is 11.9. The van der Waals surface area contributed by atoms with Gasteiger partial charge in [0.25, 0.3) is 0 Å². The molecular formula is C17H21N5O. The lowest BCUT2D eigenvalue weighted by Gasteiger charge is -2.22. The number of rotatable bonds is 6. The van der Waals surface area contributed by atoms with E-state index in [0.717, 1.165) is 0 Å². The van der Waals surface area contributed by atoms with Crippen molar-refractivity contribution < 1.29 is 4.79 Å². The first-order chi connectivity index (χ1) is 11.1. The second-order valence-corrected chi connectivity index (χ2v) is 5.49. The second-order valence-electron chi connectivity index (χ2n) is 5.49. The first-order valence-electron chi connectivity index (χ1n) is 7.62. The molecular weight excluding hydrogens is 290 g/mol. The van der Waals surface area contributed by atoms with Crippen molar-refractivity contribution in [3.8, 4) is 6.07 Å². The van der Waals surface area contributed by atoms with Crippen molar-refractivity contribution in [3.05, 3.63) is 53.9 Å². The number of nitrogens with zero attached hydrogens (tertiary/aromatic N) is 3. The molecule has 0 saturated heterocycles. The summed E-state index contributed by atoms with van der Waals surface area (Å²) in [6.07, 6.45) is 3.16. The molecule has 1 aromatic heterocycles. The highest BCUT2D eigenvalue weighted by Crippen LogP contribution is 2.18. The van der Waals surface area contributed by atoms with Crippen LogP contribution < -0.4 is 10.6 Å². The summed E-state index contributed by atoms with van der Waals surface area (Å²) < 4.78 is 1.63. The van der Waals surface area contributed by atoms with Gasteiger partial charge in [0.1, 0.15) is 6.07 Å². The number of hydrogen-bond acceptors (Lipinski definition) is 3. The third-order valence-electron chi connectivity index (χ3n) is 3.82. The predicted molar refractivity (Wildman–Crippen MR) is 87.8 cm³/mol. The minimum atomic E-state index is -0.201. The van der Waals surface area contributed by atoms with Crippen LogP contribution in [0, 0.1) is 11.3 Å². The van der Waals surface area contributed by atoms with Gasteiger partial charge in [-0.15, -0.1) is 0 Å². The van der Waals surface area contributed by atoms with Gasteiger partial charge >= 0.3 is 6.03 Å². The molecule has 2 N–H and O–H groups in total. The highest BCUT2D eigenvalue weighted by Gasteiger charge is 2.16. The number of amides is 2. The van der Waals surface area contributed by atoms with E-state index < -0.39 is 0 Å². The van der Waals surface area contributed by atoms with Crippen LogP contribution in [0.25, 0.3) is 0 Å². The van der Waals surface area contributed by atoms with E-state index in [-0.39, 0.29) is 18.0 Å². The number of carbonyl (C=O) groups excluding carboxylic acids is 1. The molecule has 0 aliphatic carbocycles. The van der Waals surface area contributed by atoms with Crippen LogP contribution in [0.15, 0.2) is 42.7 Å². The molecule has 0 unspecified atom stereocenters. The third kappa shape index (κ3) is 4.85. The number of nitriles is 1. The van der Waals surface area contributed by atoms with Crippen molar-refractivity contribution in [1.29, 1.82) is 5.26 Å². The zero-order valence-electron chi connectivity index (χ0n) is 13.4. The Morgan fingerprint density at radius 1 is 1.35 bits per heavy atom. The Balaban J connectivity index is 1.75. The SMILES string of the molecule is C[C@H](NC(=O)NCCn1cc(C#N)cn1)[C@@H](C)c1ccccc1. The van der Waals surface area contributed by atoms with Crippen LogP contribution in [0.5, 0.6) is 0 Å². The Labute approximate surface area is 136 Å². The highest BCUT2D eigenvalue weighted by molar-refractivity contribution is 5.74. The Morgan fingerprint density at radius 2 is 2.09 bits per heavy atom. The van der Waals surface area contributed by atoms with Gasteiger partial charge in [0.05, 0.1) is 18.3 Å². The maximum atomic E-state index is 11.9. The van der Waals surface area contributed by atoms with Crippen molar-refractivity contribution >= 4 is 6.03 Å². The van der Waals surface area contributed by atoms with Gasteiger partial charge in [-0.3, -0.25) is 4.68 Å². The molecule has 0 spiro atoms. The molecule has 2 amide bonds. The van der Waals surface area contributed by atoms with Gasteiger partial charge < -0.3 is 10.6 Å². The molecule has 1 aromatic carbocycles. The first kappa shape index (κ1) is 16.6. The number of nitrogens with one attached hydrogen (secondary N) is 2. The van der Waals surface area contributed by atoms with Crippen LogP contribution >= 0.6 is 0 Å². The molecule has 0 radical (unpaired) electrons. The average molecular weight is 311 g/mol. The van der Waals surface area contributed by atoms with Crippen LogP contribution in [0.1, 0.15) is 30.9 Å². The van der Waals surface area contributed by atoms with Gasteiger partial charge in [-0.25, -0.2) is 4.79 Å². The van der Waals surface area contributed by atoms with E-state index in [0.29, 0.717) is 18.7 Å². The fourth-order valence-corrected chi connectivity index (χ4v) is 2.26. The fraction of sp³-hybridized carbons (Fsp3) is 0.353. The van der Waals surface area contributed by atoms with Crippen LogP contribution in [0.4, 0.5) is 4.79 Å². The van der Waals surface area contributed by atoms with Crippen molar-refractivity contribution in [2.24, 2.45) is 0 Å². The van der Waals surface area contributed by atoms with Gasteiger partial charge in [0, 0.05) is 24.7 Å². The molecule has 23 heavy (non-hydrogen) atoms. The van der Waals surface area contributed by atoms with Crippen molar-refractivity contribution in [3.63, 3.8) is 0 Å². The number of hydrogen-bond donors (Lipinski definition) is 2. The molecule has 0 fully saturated rings. The van der Waals surface area contributed by atoms with Gasteiger partial charge in [0.15, 0.2) is 0 Å². The lowest BCUT2D eigenvalue weighted by molar-refractivity contribution is 0.235. The summed E-state index contributed by atoms with van der Waals surface area (Å²) in [5.74, 6) is 0.228. The Morgan fingerprint density at radius 3 is 2.74 bits per heavy atom. The van der Waals surface area contributed by atoms with E-state index in [1.165, 1.54) is 11.8 Å². The summed E-state index contributed by atoms with van der Waals surface area (Å²) in [4.78, 5) is 11.9. The molecule has 2 atom stereocenters. The molecule has 0 aliphatic rings. The van der Waals surface area contributed by atoms with Crippen LogP contribution in [0.2, 0.25) is 0 Å². The number of aromatic nitrogens is 2. The standard InChI is InChI=1S/C17H21N5O/c1-13(16-6-4-3-5-7-16)14(2)21-17(23)19-8-9-22-12-15(10-18)11-20-22/h3-7,11-14H,8-9H2,1-2H3,(H2,19,21,23)/t13-,14+/m1/s1. The van der Waals surface area contributed by atoms with E-state index in [9.17, 15) is 4.79 Å². The van der Waals surface area contributed by atoms with Gasteiger partial charge in [-0.2, -0.15) is 10.4 Å². The van der Waals surface area contributed by atoms with Crippen LogP contribution in [-0.4, -0.2) is 28.4 Å². The molecule has 120 valence electrons. The quantitative estimate of drug-likeness (QED) is 0.858. The smallest absolute Gasteiger partial charge is 0.315 e. The topological polar surface area (TPSA) is 82.7 Å². The molecule has 0 bridgehead atoms. The van der Waals surface area contributed by atoms with E-state index in [1.807, 2.05) is 31.2 Å². The monoisotopic (exact) mass is 311 g/mol. The van der Waals surface area contributed by atoms with Crippen molar-refractivity contribution in [2.45, 2.75) is 32.4 Å². The predicted octanol–water partition coefficient (Wildman–Crippen LogP) is 2.25. The summed E-state index contributed by atoms with van der Waals surface area (Å²) >= 11 is 0. The largest absolute Gasteiger partial charge is 0.336 e. The summed E-state index contributed by atoms with van der Waals surface area (Å²) in [6.45, 7) is 5.06. The number of benzene rings is 1. The average Bonchev–Trinajstić information content (AvgIpc) is 3.03. The lowest BCUT2D eigenvalue weighted by atomic mass is 9.95. The first-order valence-corrected chi connectivity index (χ1v) is 7.62. The molecule has 0 saturated carbocycles. The second kappa shape index (κ2) is 7.99. The molecule has 6 heteroatoms. The minimum Gasteiger partial charge on any atom is -0.336 e. The molecule has 1 heterocycles. The Kier molecular flexibility index (Phi) is 5.75. The minimum absolute atomic E-state index is 0.0206. The van der Waals surface area contributed by atoms with Crippen LogP contribution in [-0.2, 0) is 6.54 Å². The zero-order chi connectivity index (χ0) is 16.7. The van der Waals surface area contributed by atoms with Crippen molar-refractivity contribution in [2.75, 3.05) is 6.54 Å². The molecule has 2 aromatic rings. The highest BCUT2D eigenvalue weighted by atomic mass is 16.2. The van der Waals surface area contributed by atoms with Gasteiger partial charge in [-0.1, -0.05) is 37.3 Å². The Hall–Kier alpha value is -2.81. The van der Waals surface area contributed by atoms with E-state index in [1.54, 1.807) is 10.9 Å². The number of carbonyl (C=O) groups is 1. The molecule has 2 rings (SSSR count). The normalized spacial score (nSPS) is 12.9. The molecule has 6 nitrogen and oxygen atoms in total. The van der Waals surface area contributed by atoms with E-state index in [4.69, 9.17) is 5.26 Å². The fourth-order valence-electron chi connectivity index (χ4n) is 2.26. The van der Waals surface area contributed by atoms with Gasteiger partial charge in [-0.05, 0) is 12.5 Å². The summed E-state index contributed by atoms with van der Waals surface area (Å²) in [5, 5.41) is 18.5. The maximum absolute atomic E-state index is 11.9. The molecule has 0 aliphatic heterocycles. The zero-order valence-corrected chi connectivity index (χ0v) is 13.4. The van der Waals surface area contributed by atoms with Gasteiger partial charge in [0.2, 0.25) is 0 Å². The summed E-state index contributed by atoms with van der Waals surface area (Å²) in [5.41, 5.74) is 1.71. The van der Waals surface area contributed by atoms with E-state index >= 15 is 0 Å². The van der Waals surface area contributed by atoms with Crippen LogP contribution in [0.3, 0.4) is 0 Å². The maximum Gasteiger partial charge on any atom is 0.315 e. The number of urea groups is 1. The van der Waals surface area contributed by atoms with Crippen molar-refractivity contribution in [1.82, 2.24) is 20.4 Å². The lowest BCUT2D eigenvalue weighted by Crippen LogP contribution is -2.43.